The minimum atomic E-state index is -0.295. The van der Waals surface area contributed by atoms with Crippen LogP contribution in [-0.2, 0) is 16.6 Å². The van der Waals surface area contributed by atoms with Gasteiger partial charge >= 0.3 is 0 Å². The Bertz CT molecular complexity index is 770. The number of rotatable bonds is 5. The van der Waals surface area contributed by atoms with E-state index in [0.29, 0.717) is 24.9 Å². The van der Waals surface area contributed by atoms with E-state index in [1.165, 1.54) is 5.56 Å². The summed E-state index contributed by atoms with van der Waals surface area (Å²) < 4.78 is 7.82. The molecular weight excluding hydrogens is 342 g/mol. The standard InChI is InChI=1S/C20H27N5O2/c1-14-12-19(26)18(25(14)20-21-22-23-24(20)2)13-27-17-10-8-16(9-11-17)15-6-4-3-5-7-15/h3-7,14,16-18H,8-13H2,1-2H3. The zero-order valence-electron chi connectivity index (χ0n) is 16.0. The summed E-state index contributed by atoms with van der Waals surface area (Å²) in [6.45, 7) is 2.45. The first-order valence-electron chi connectivity index (χ1n) is 9.83. The van der Waals surface area contributed by atoms with Crippen LogP contribution in [-0.4, -0.2) is 50.8 Å². The summed E-state index contributed by atoms with van der Waals surface area (Å²) in [4.78, 5) is 14.5. The minimum Gasteiger partial charge on any atom is -0.376 e. The van der Waals surface area contributed by atoms with Gasteiger partial charge in [0, 0.05) is 19.5 Å². The summed E-state index contributed by atoms with van der Waals surface area (Å²) in [5.74, 6) is 1.47. The number of benzene rings is 1. The van der Waals surface area contributed by atoms with Gasteiger partial charge in [-0.3, -0.25) is 4.79 Å². The molecule has 0 bridgehead atoms. The number of aryl methyl sites for hydroxylation is 1. The van der Waals surface area contributed by atoms with E-state index in [2.05, 4.69) is 45.9 Å². The molecule has 2 aliphatic rings. The van der Waals surface area contributed by atoms with Crippen molar-refractivity contribution in [3.63, 3.8) is 0 Å². The summed E-state index contributed by atoms with van der Waals surface area (Å²) >= 11 is 0. The second-order valence-electron chi connectivity index (χ2n) is 7.76. The maximum absolute atomic E-state index is 12.5. The Morgan fingerprint density at radius 1 is 1.15 bits per heavy atom. The van der Waals surface area contributed by atoms with Gasteiger partial charge < -0.3 is 9.64 Å². The topological polar surface area (TPSA) is 73.1 Å². The summed E-state index contributed by atoms with van der Waals surface area (Å²) in [6, 6.07) is 10.5. The highest BCUT2D eigenvalue weighted by atomic mass is 16.5. The maximum Gasteiger partial charge on any atom is 0.246 e. The number of ketones is 1. The second kappa shape index (κ2) is 7.76. The van der Waals surface area contributed by atoms with Crippen LogP contribution in [0.2, 0.25) is 0 Å². The number of hydrogen-bond acceptors (Lipinski definition) is 6. The van der Waals surface area contributed by atoms with E-state index >= 15 is 0 Å². The molecule has 4 rings (SSSR count). The molecule has 7 heteroatoms. The van der Waals surface area contributed by atoms with Gasteiger partial charge in [-0.2, -0.15) is 0 Å². The molecule has 2 heterocycles. The number of carbonyl (C=O) groups excluding carboxylic acids is 1. The van der Waals surface area contributed by atoms with E-state index in [-0.39, 0.29) is 24.0 Å². The second-order valence-corrected chi connectivity index (χ2v) is 7.76. The SMILES string of the molecule is CC1CC(=O)C(COC2CCC(c3ccccc3)CC2)N1c1nnnn1C. The van der Waals surface area contributed by atoms with Crippen LogP contribution < -0.4 is 4.90 Å². The van der Waals surface area contributed by atoms with Crippen LogP contribution >= 0.6 is 0 Å². The zero-order chi connectivity index (χ0) is 18.8. The number of Topliss-reactive ketones (excluding diaryl/α,β-unsaturated/α-hetero) is 1. The number of tetrazole rings is 1. The number of anilines is 1. The van der Waals surface area contributed by atoms with Gasteiger partial charge in [-0.15, -0.1) is 0 Å². The molecule has 144 valence electrons. The lowest BCUT2D eigenvalue weighted by Crippen LogP contribution is -2.42. The van der Waals surface area contributed by atoms with Gasteiger partial charge in [0.25, 0.3) is 0 Å². The molecule has 0 spiro atoms. The monoisotopic (exact) mass is 369 g/mol. The van der Waals surface area contributed by atoms with E-state index in [0.717, 1.165) is 25.7 Å². The predicted octanol–water partition coefficient (Wildman–Crippen LogP) is 2.49. The fourth-order valence-corrected chi connectivity index (χ4v) is 4.46. The van der Waals surface area contributed by atoms with Gasteiger partial charge in [-0.1, -0.05) is 35.4 Å². The van der Waals surface area contributed by atoms with Crippen LogP contribution in [0.4, 0.5) is 5.95 Å². The molecule has 1 aromatic heterocycles. The van der Waals surface area contributed by atoms with Crippen molar-refractivity contribution in [2.45, 2.75) is 63.1 Å². The smallest absolute Gasteiger partial charge is 0.246 e. The molecule has 2 aromatic rings. The quantitative estimate of drug-likeness (QED) is 0.806. The Hall–Kier alpha value is -2.28. The molecule has 27 heavy (non-hydrogen) atoms. The number of hydrogen-bond donors (Lipinski definition) is 0. The Kier molecular flexibility index (Phi) is 5.20. The lowest BCUT2D eigenvalue weighted by atomic mass is 9.83. The van der Waals surface area contributed by atoms with E-state index < -0.39 is 0 Å². The molecule has 2 unspecified atom stereocenters. The van der Waals surface area contributed by atoms with Gasteiger partial charge in [0.15, 0.2) is 5.78 Å². The molecule has 1 saturated heterocycles. The molecular formula is C20H27N5O2. The van der Waals surface area contributed by atoms with Crippen LogP contribution in [0, 0.1) is 0 Å². The van der Waals surface area contributed by atoms with E-state index in [4.69, 9.17) is 4.74 Å². The Labute approximate surface area is 159 Å². The first kappa shape index (κ1) is 18.1. The van der Waals surface area contributed by atoms with E-state index in [9.17, 15) is 4.79 Å². The van der Waals surface area contributed by atoms with Crippen molar-refractivity contribution >= 4 is 11.7 Å². The predicted molar refractivity (Wildman–Crippen MR) is 102 cm³/mol. The highest BCUT2D eigenvalue weighted by molar-refractivity contribution is 5.91. The van der Waals surface area contributed by atoms with Crippen LogP contribution in [0.1, 0.15) is 50.5 Å². The van der Waals surface area contributed by atoms with Crippen molar-refractivity contribution in [3.8, 4) is 0 Å². The average Bonchev–Trinajstić information content (AvgIpc) is 3.22. The highest BCUT2D eigenvalue weighted by Crippen LogP contribution is 2.34. The van der Waals surface area contributed by atoms with E-state index in [1.54, 1.807) is 11.7 Å². The third kappa shape index (κ3) is 3.74. The summed E-state index contributed by atoms with van der Waals surface area (Å²) in [5, 5.41) is 11.7. The van der Waals surface area contributed by atoms with Crippen molar-refractivity contribution < 1.29 is 9.53 Å². The zero-order valence-corrected chi connectivity index (χ0v) is 16.0. The van der Waals surface area contributed by atoms with Crippen molar-refractivity contribution in [1.82, 2.24) is 20.2 Å². The fraction of sp³-hybridized carbons (Fsp3) is 0.600. The molecule has 1 saturated carbocycles. The van der Waals surface area contributed by atoms with Crippen LogP contribution in [0.3, 0.4) is 0 Å². The largest absolute Gasteiger partial charge is 0.376 e. The Morgan fingerprint density at radius 2 is 1.89 bits per heavy atom. The molecule has 1 aliphatic carbocycles. The first-order valence-corrected chi connectivity index (χ1v) is 9.83. The fourth-order valence-electron chi connectivity index (χ4n) is 4.46. The summed E-state index contributed by atoms with van der Waals surface area (Å²) in [7, 11) is 1.80. The summed E-state index contributed by atoms with van der Waals surface area (Å²) in [6.07, 6.45) is 5.11. The van der Waals surface area contributed by atoms with Crippen LogP contribution in [0.15, 0.2) is 30.3 Å². The van der Waals surface area contributed by atoms with Crippen LogP contribution in [0.5, 0.6) is 0 Å². The van der Waals surface area contributed by atoms with Gasteiger partial charge in [0.1, 0.15) is 6.04 Å². The number of aromatic nitrogens is 4. The number of nitrogens with zero attached hydrogens (tertiary/aromatic N) is 5. The van der Waals surface area contributed by atoms with E-state index in [1.807, 2.05) is 11.8 Å². The first-order chi connectivity index (χ1) is 13.1. The molecule has 1 aromatic carbocycles. The lowest BCUT2D eigenvalue weighted by Gasteiger charge is -2.31. The third-order valence-electron chi connectivity index (χ3n) is 5.94. The molecule has 1 aliphatic heterocycles. The normalized spacial score (nSPS) is 28.7. The Morgan fingerprint density at radius 3 is 2.56 bits per heavy atom. The van der Waals surface area contributed by atoms with Crippen molar-refractivity contribution in [3.05, 3.63) is 35.9 Å². The van der Waals surface area contributed by atoms with Crippen molar-refractivity contribution in [2.75, 3.05) is 11.5 Å². The molecule has 2 atom stereocenters. The minimum absolute atomic E-state index is 0.0876. The van der Waals surface area contributed by atoms with Crippen molar-refractivity contribution in [1.29, 1.82) is 0 Å². The van der Waals surface area contributed by atoms with Gasteiger partial charge in [0.2, 0.25) is 5.95 Å². The molecule has 2 fully saturated rings. The van der Waals surface area contributed by atoms with Crippen molar-refractivity contribution in [2.24, 2.45) is 7.05 Å². The maximum atomic E-state index is 12.5. The molecule has 0 radical (unpaired) electrons. The molecule has 0 N–H and O–H groups in total. The highest BCUT2D eigenvalue weighted by Gasteiger charge is 2.41. The summed E-state index contributed by atoms with van der Waals surface area (Å²) in [5.41, 5.74) is 1.43. The van der Waals surface area contributed by atoms with Gasteiger partial charge in [-0.25, -0.2) is 4.68 Å². The molecule has 0 amide bonds. The molecule has 7 nitrogen and oxygen atoms in total. The number of ether oxygens (including phenoxy) is 1. The van der Waals surface area contributed by atoms with Gasteiger partial charge in [0.05, 0.1) is 12.7 Å². The number of carbonyl (C=O) groups is 1. The Balaban J connectivity index is 1.34. The van der Waals surface area contributed by atoms with Gasteiger partial charge in [-0.05, 0) is 54.5 Å². The average molecular weight is 369 g/mol. The van der Waals surface area contributed by atoms with Crippen LogP contribution in [0.25, 0.3) is 0 Å². The third-order valence-corrected chi connectivity index (χ3v) is 5.94. The lowest BCUT2D eigenvalue weighted by molar-refractivity contribution is -0.120.